The van der Waals surface area contributed by atoms with Crippen molar-refractivity contribution in [1.29, 1.82) is 0 Å². The van der Waals surface area contributed by atoms with Crippen LogP contribution in [-0.2, 0) is 16.1 Å². The van der Waals surface area contributed by atoms with E-state index < -0.39 is 11.8 Å². The maximum atomic E-state index is 11.9. The third-order valence-corrected chi connectivity index (χ3v) is 4.03. The van der Waals surface area contributed by atoms with Gasteiger partial charge in [0.05, 0.1) is 6.21 Å². The third kappa shape index (κ3) is 5.49. The molecule has 0 unspecified atom stereocenters. The highest BCUT2D eigenvalue weighted by molar-refractivity contribution is 6.35. The number of ether oxygens (including phenoxy) is 3. The number of carbonyl (C=O) groups is 2. The largest absolute Gasteiger partial charge is 0.489 e. The molecule has 0 fully saturated rings. The van der Waals surface area contributed by atoms with E-state index in [1.54, 1.807) is 42.5 Å². The Labute approximate surface area is 172 Å². The van der Waals surface area contributed by atoms with Crippen molar-refractivity contribution in [2.45, 2.75) is 6.54 Å². The molecule has 2 aromatic carbocycles. The highest BCUT2D eigenvalue weighted by atomic mass is 35.5. The molecule has 2 aromatic rings. The van der Waals surface area contributed by atoms with Crippen LogP contribution in [0.15, 0.2) is 54.2 Å². The van der Waals surface area contributed by atoms with E-state index in [9.17, 15) is 9.59 Å². The van der Waals surface area contributed by atoms with Crippen molar-refractivity contribution in [1.82, 2.24) is 10.7 Å². The molecule has 8 nitrogen and oxygen atoms in total. The van der Waals surface area contributed by atoms with Gasteiger partial charge in [0.2, 0.25) is 6.79 Å². The summed E-state index contributed by atoms with van der Waals surface area (Å²) < 4.78 is 16.0. The molecule has 0 radical (unpaired) electrons. The molecule has 0 saturated heterocycles. The number of hydrogen-bond acceptors (Lipinski definition) is 6. The number of nitrogens with one attached hydrogen (secondary N) is 2. The van der Waals surface area contributed by atoms with Crippen LogP contribution in [0.25, 0.3) is 0 Å². The maximum absolute atomic E-state index is 11.9. The van der Waals surface area contributed by atoms with E-state index in [0.29, 0.717) is 34.4 Å². The summed E-state index contributed by atoms with van der Waals surface area (Å²) in [5.41, 5.74) is 3.47. The second kappa shape index (κ2) is 9.61. The summed E-state index contributed by atoms with van der Waals surface area (Å²) in [5.74, 6) is 0.0255. The predicted molar refractivity (Wildman–Crippen MR) is 107 cm³/mol. The molecule has 0 aliphatic carbocycles. The second-order valence-electron chi connectivity index (χ2n) is 5.85. The predicted octanol–water partition coefficient (Wildman–Crippen LogP) is 2.40. The summed E-state index contributed by atoms with van der Waals surface area (Å²) in [7, 11) is 0. The molecule has 150 valence electrons. The fourth-order valence-electron chi connectivity index (χ4n) is 2.43. The normalized spacial score (nSPS) is 11.9. The fraction of sp³-hybridized carbons (Fsp3) is 0.150. The molecular formula is C20H18ClN3O5. The molecule has 0 saturated carbocycles. The van der Waals surface area contributed by atoms with E-state index in [4.69, 9.17) is 25.8 Å². The number of halogens is 1. The molecule has 1 aliphatic heterocycles. The van der Waals surface area contributed by atoms with Crippen LogP contribution in [0, 0.1) is 0 Å². The van der Waals surface area contributed by atoms with Crippen molar-refractivity contribution in [2.24, 2.45) is 5.10 Å². The van der Waals surface area contributed by atoms with Crippen LogP contribution in [0.3, 0.4) is 0 Å². The lowest BCUT2D eigenvalue weighted by molar-refractivity contribution is -0.139. The molecule has 1 aliphatic rings. The van der Waals surface area contributed by atoms with Crippen LogP contribution >= 0.6 is 11.6 Å². The summed E-state index contributed by atoms with van der Waals surface area (Å²) in [6, 6.07) is 10.2. The van der Waals surface area contributed by atoms with Crippen LogP contribution in [0.4, 0.5) is 0 Å². The van der Waals surface area contributed by atoms with Crippen LogP contribution in [0.5, 0.6) is 17.2 Å². The minimum Gasteiger partial charge on any atom is -0.489 e. The lowest BCUT2D eigenvalue weighted by Crippen LogP contribution is -2.37. The standard InChI is InChI=1S/C20H18ClN3O5/c1-2-7-27-16-6-4-15(21)9-14(16)11-23-24-20(26)19(25)22-10-13-3-5-17-18(8-13)29-12-28-17/h2-6,8-9,11H,1,7,10,12H2,(H,22,25)(H,24,26)/b23-11-. The Morgan fingerprint density at radius 1 is 1.17 bits per heavy atom. The Morgan fingerprint density at radius 2 is 2.00 bits per heavy atom. The minimum atomic E-state index is -0.905. The summed E-state index contributed by atoms with van der Waals surface area (Å²) in [6.07, 6.45) is 2.94. The number of benzene rings is 2. The quantitative estimate of drug-likeness (QED) is 0.313. The van der Waals surface area contributed by atoms with E-state index >= 15 is 0 Å². The van der Waals surface area contributed by atoms with Gasteiger partial charge in [0, 0.05) is 17.1 Å². The number of rotatable bonds is 7. The first-order valence-electron chi connectivity index (χ1n) is 8.60. The molecule has 0 spiro atoms. The number of hydrogen-bond donors (Lipinski definition) is 2. The molecular weight excluding hydrogens is 398 g/mol. The molecule has 2 N–H and O–H groups in total. The average molecular weight is 416 g/mol. The summed E-state index contributed by atoms with van der Waals surface area (Å²) in [6.45, 7) is 4.21. The van der Waals surface area contributed by atoms with Gasteiger partial charge in [-0.15, -0.1) is 0 Å². The lowest BCUT2D eigenvalue weighted by Gasteiger charge is -2.07. The average Bonchev–Trinajstić information content (AvgIpc) is 3.19. The van der Waals surface area contributed by atoms with Crippen molar-refractivity contribution in [2.75, 3.05) is 13.4 Å². The van der Waals surface area contributed by atoms with E-state index in [2.05, 4.69) is 22.4 Å². The topological polar surface area (TPSA) is 98.2 Å². The monoisotopic (exact) mass is 415 g/mol. The molecule has 2 amide bonds. The van der Waals surface area contributed by atoms with Crippen molar-refractivity contribution in [3.8, 4) is 17.2 Å². The smallest absolute Gasteiger partial charge is 0.329 e. The van der Waals surface area contributed by atoms with Gasteiger partial charge >= 0.3 is 11.8 Å². The maximum Gasteiger partial charge on any atom is 0.329 e. The Hall–Kier alpha value is -3.52. The van der Waals surface area contributed by atoms with Crippen molar-refractivity contribution in [3.05, 3.63) is 65.2 Å². The SMILES string of the molecule is C=CCOc1ccc(Cl)cc1/C=N\NC(=O)C(=O)NCc1ccc2c(c1)OCO2. The lowest BCUT2D eigenvalue weighted by atomic mass is 10.2. The van der Waals surface area contributed by atoms with Crippen LogP contribution < -0.4 is 25.0 Å². The van der Waals surface area contributed by atoms with Gasteiger partial charge in [0.1, 0.15) is 12.4 Å². The molecule has 0 bridgehead atoms. The fourth-order valence-corrected chi connectivity index (χ4v) is 2.61. The highest BCUT2D eigenvalue weighted by Crippen LogP contribution is 2.32. The van der Waals surface area contributed by atoms with E-state index in [0.717, 1.165) is 5.56 Å². The van der Waals surface area contributed by atoms with E-state index in [1.165, 1.54) is 6.21 Å². The summed E-state index contributed by atoms with van der Waals surface area (Å²) >= 11 is 5.97. The van der Waals surface area contributed by atoms with Crippen LogP contribution in [-0.4, -0.2) is 31.4 Å². The summed E-state index contributed by atoms with van der Waals surface area (Å²) in [5, 5.41) is 6.77. The highest BCUT2D eigenvalue weighted by Gasteiger charge is 2.15. The minimum absolute atomic E-state index is 0.153. The van der Waals surface area contributed by atoms with Crippen LogP contribution in [0.2, 0.25) is 5.02 Å². The molecule has 1 heterocycles. The van der Waals surface area contributed by atoms with Crippen molar-refractivity contribution in [3.63, 3.8) is 0 Å². The van der Waals surface area contributed by atoms with Crippen molar-refractivity contribution >= 4 is 29.6 Å². The van der Waals surface area contributed by atoms with Gasteiger partial charge in [0.15, 0.2) is 11.5 Å². The molecule has 3 rings (SSSR count). The zero-order chi connectivity index (χ0) is 20.6. The second-order valence-corrected chi connectivity index (χ2v) is 6.29. The van der Waals surface area contributed by atoms with Gasteiger partial charge in [0.25, 0.3) is 0 Å². The van der Waals surface area contributed by atoms with Crippen molar-refractivity contribution < 1.29 is 23.8 Å². The zero-order valence-corrected chi connectivity index (χ0v) is 16.1. The Balaban J connectivity index is 1.53. The van der Waals surface area contributed by atoms with Crippen LogP contribution in [0.1, 0.15) is 11.1 Å². The summed E-state index contributed by atoms with van der Waals surface area (Å²) in [4.78, 5) is 23.9. The van der Waals surface area contributed by atoms with Gasteiger partial charge in [-0.1, -0.05) is 30.3 Å². The first-order valence-corrected chi connectivity index (χ1v) is 8.97. The number of hydrazone groups is 1. The Kier molecular flexibility index (Phi) is 6.70. The first kappa shape index (κ1) is 20.2. The third-order valence-electron chi connectivity index (χ3n) is 3.79. The number of nitrogens with zero attached hydrogens (tertiary/aromatic N) is 1. The number of carbonyl (C=O) groups excluding carboxylic acids is 2. The molecule has 29 heavy (non-hydrogen) atoms. The Morgan fingerprint density at radius 3 is 2.83 bits per heavy atom. The Bertz CT molecular complexity index is 961. The van der Waals surface area contributed by atoms with Gasteiger partial charge in [-0.05, 0) is 35.9 Å². The number of fused-ring (bicyclic) bond motifs is 1. The first-order chi connectivity index (χ1) is 14.1. The van der Waals surface area contributed by atoms with Gasteiger partial charge in [-0.3, -0.25) is 9.59 Å². The molecule has 0 aromatic heterocycles. The molecule has 9 heteroatoms. The van der Waals surface area contributed by atoms with Gasteiger partial charge in [-0.2, -0.15) is 5.10 Å². The van der Waals surface area contributed by atoms with E-state index in [-0.39, 0.29) is 13.3 Å². The van der Waals surface area contributed by atoms with Gasteiger partial charge < -0.3 is 19.5 Å². The molecule has 0 atom stereocenters. The zero-order valence-electron chi connectivity index (χ0n) is 15.3. The van der Waals surface area contributed by atoms with E-state index in [1.807, 2.05) is 0 Å². The number of amides is 2. The van der Waals surface area contributed by atoms with Gasteiger partial charge in [-0.25, -0.2) is 5.43 Å².